The number of hydrogen-bond acceptors (Lipinski definition) is 0. The van der Waals surface area contributed by atoms with Crippen molar-refractivity contribution in [3.8, 4) is 0 Å². The van der Waals surface area contributed by atoms with Crippen LogP contribution in [0.15, 0.2) is 12.2 Å². The molecule has 1 saturated carbocycles. The van der Waals surface area contributed by atoms with Crippen molar-refractivity contribution in [3.63, 3.8) is 0 Å². The third kappa shape index (κ3) is 1.57. The predicted octanol–water partition coefficient (Wildman–Crippen LogP) is 3.00. The lowest BCUT2D eigenvalue weighted by molar-refractivity contribution is 0.196. The molecular formula is C9H16. The van der Waals surface area contributed by atoms with Crippen LogP contribution in [0.1, 0.15) is 33.1 Å². The third-order valence-corrected chi connectivity index (χ3v) is 2.41. The van der Waals surface area contributed by atoms with Crippen molar-refractivity contribution >= 4 is 0 Å². The average molecular weight is 124 g/mol. The van der Waals surface area contributed by atoms with Crippen LogP contribution in [0.5, 0.6) is 0 Å². The Morgan fingerprint density at radius 2 is 2.22 bits per heavy atom. The van der Waals surface area contributed by atoms with E-state index in [1.165, 1.54) is 24.8 Å². The van der Waals surface area contributed by atoms with E-state index in [0.29, 0.717) is 0 Å². The third-order valence-electron chi connectivity index (χ3n) is 2.41. The molecule has 0 heterocycles. The van der Waals surface area contributed by atoms with E-state index in [0.717, 1.165) is 11.8 Å². The van der Waals surface area contributed by atoms with Gasteiger partial charge in [-0.15, -0.1) is 6.58 Å². The lowest BCUT2D eigenvalue weighted by Gasteiger charge is -2.33. The molecule has 1 unspecified atom stereocenters. The van der Waals surface area contributed by atoms with E-state index < -0.39 is 0 Å². The highest BCUT2D eigenvalue weighted by Crippen LogP contribution is 2.37. The molecule has 1 aliphatic carbocycles. The largest absolute Gasteiger partial charge is 0.100 e. The number of rotatable bonds is 2. The van der Waals surface area contributed by atoms with Gasteiger partial charge < -0.3 is 0 Å². The summed E-state index contributed by atoms with van der Waals surface area (Å²) in [5.74, 6) is 1.95. The fraction of sp³-hybridized carbons (Fsp3) is 0.778. The van der Waals surface area contributed by atoms with Crippen molar-refractivity contribution in [2.45, 2.75) is 33.1 Å². The molecule has 1 fully saturated rings. The standard InChI is InChI=1S/C9H16/c1-7(2)6-9-5-4-8(9)3/h8-9H,1,4-6H2,2-3H3/t8?,9-/m0/s1. The molecule has 9 heavy (non-hydrogen) atoms. The second kappa shape index (κ2) is 2.55. The maximum Gasteiger partial charge on any atom is -0.0295 e. The minimum absolute atomic E-state index is 0.974. The zero-order valence-corrected chi connectivity index (χ0v) is 6.48. The zero-order chi connectivity index (χ0) is 6.85. The summed E-state index contributed by atoms with van der Waals surface area (Å²) < 4.78 is 0. The Morgan fingerprint density at radius 3 is 2.33 bits per heavy atom. The molecule has 0 N–H and O–H groups in total. The molecule has 0 spiro atoms. The van der Waals surface area contributed by atoms with Crippen molar-refractivity contribution < 1.29 is 0 Å². The number of allylic oxidation sites excluding steroid dienone is 1. The van der Waals surface area contributed by atoms with Gasteiger partial charge in [-0.05, 0) is 31.6 Å². The molecule has 0 aromatic carbocycles. The highest BCUT2D eigenvalue weighted by atomic mass is 14.3. The lowest BCUT2D eigenvalue weighted by atomic mass is 9.72. The van der Waals surface area contributed by atoms with Gasteiger partial charge in [0.05, 0.1) is 0 Å². The Balaban J connectivity index is 2.21. The van der Waals surface area contributed by atoms with Crippen LogP contribution in [0.4, 0.5) is 0 Å². The van der Waals surface area contributed by atoms with E-state index in [4.69, 9.17) is 0 Å². The summed E-state index contributed by atoms with van der Waals surface area (Å²) in [6.45, 7) is 8.39. The first-order valence-electron chi connectivity index (χ1n) is 3.84. The van der Waals surface area contributed by atoms with Gasteiger partial charge in [-0.1, -0.05) is 18.9 Å². The van der Waals surface area contributed by atoms with Gasteiger partial charge in [0.15, 0.2) is 0 Å². The minimum Gasteiger partial charge on any atom is -0.100 e. The number of hydrogen-bond donors (Lipinski definition) is 0. The summed E-state index contributed by atoms with van der Waals surface area (Å²) in [7, 11) is 0. The second-order valence-corrected chi connectivity index (χ2v) is 3.48. The molecule has 0 aromatic heterocycles. The van der Waals surface area contributed by atoms with Crippen molar-refractivity contribution in [2.24, 2.45) is 11.8 Å². The molecule has 0 saturated heterocycles. The maximum atomic E-state index is 3.91. The Kier molecular flexibility index (Phi) is 1.94. The summed E-state index contributed by atoms with van der Waals surface area (Å²) in [4.78, 5) is 0. The molecule has 1 aliphatic rings. The first kappa shape index (κ1) is 6.85. The monoisotopic (exact) mass is 124 g/mol. The molecule has 0 amide bonds. The summed E-state index contributed by atoms with van der Waals surface area (Å²) >= 11 is 0. The topological polar surface area (TPSA) is 0 Å². The van der Waals surface area contributed by atoms with E-state index >= 15 is 0 Å². The molecule has 0 aliphatic heterocycles. The summed E-state index contributed by atoms with van der Waals surface area (Å²) in [5, 5.41) is 0. The van der Waals surface area contributed by atoms with E-state index in [9.17, 15) is 0 Å². The van der Waals surface area contributed by atoms with Crippen molar-refractivity contribution in [1.29, 1.82) is 0 Å². The predicted molar refractivity (Wildman–Crippen MR) is 41.3 cm³/mol. The van der Waals surface area contributed by atoms with Crippen LogP contribution in [-0.4, -0.2) is 0 Å². The highest BCUT2D eigenvalue weighted by molar-refractivity contribution is 4.94. The van der Waals surface area contributed by atoms with Gasteiger partial charge in [0.1, 0.15) is 0 Å². The molecule has 0 nitrogen and oxygen atoms in total. The molecule has 0 heteroatoms. The highest BCUT2D eigenvalue weighted by Gasteiger charge is 2.25. The van der Waals surface area contributed by atoms with E-state index in [-0.39, 0.29) is 0 Å². The molecule has 52 valence electrons. The SMILES string of the molecule is C=C(C)C[C@@H]1CCC1C. The van der Waals surface area contributed by atoms with Crippen LogP contribution < -0.4 is 0 Å². The van der Waals surface area contributed by atoms with E-state index in [2.05, 4.69) is 20.4 Å². The second-order valence-electron chi connectivity index (χ2n) is 3.48. The van der Waals surface area contributed by atoms with Crippen LogP contribution in [0.25, 0.3) is 0 Å². The van der Waals surface area contributed by atoms with Crippen molar-refractivity contribution in [2.75, 3.05) is 0 Å². The van der Waals surface area contributed by atoms with Crippen molar-refractivity contribution in [1.82, 2.24) is 0 Å². The smallest absolute Gasteiger partial charge is 0.0295 e. The molecule has 0 bridgehead atoms. The fourth-order valence-corrected chi connectivity index (χ4v) is 1.49. The van der Waals surface area contributed by atoms with Gasteiger partial charge >= 0.3 is 0 Å². The van der Waals surface area contributed by atoms with Gasteiger partial charge in [-0.3, -0.25) is 0 Å². The first-order chi connectivity index (χ1) is 4.20. The van der Waals surface area contributed by atoms with Gasteiger partial charge in [0.25, 0.3) is 0 Å². The molecule has 1 rings (SSSR count). The van der Waals surface area contributed by atoms with E-state index in [1.807, 2.05) is 0 Å². The summed E-state index contributed by atoms with van der Waals surface area (Å²) in [5.41, 5.74) is 1.35. The van der Waals surface area contributed by atoms with E-state index in [1.54, 1.807) is 0 Å². The fourth-order valence-electron chi connectivity index (χ4n) is 1.49. The average Bonchev–Trinajstić information content (AvgIpc) is 1.79. The molecule has 0 aromatic rings. The quantitative estimate of drug-likeness (QED) is 0.496. The Hall–Kier alpha value is -0.260. The molecule has 2 atom stereocenters. The van der Waals surface area contributed by atoms with Gasteiger partial charge in [0, 0.05) is 0 Å². The lowest BCUT2D eigenvalue weighted by Crippen LogP contribution is -2.22. The van der Waals surface area contributed by atoms with Gasteiger partial charge in [0.2, 0.25) is 0 Å². The Labute approximate surface area is 58.0 Å². The molecule has 0 radical (unpaired) electrons. The first-order valence-corrected chi connectivity index (χ1v) is 3.84. The summed E-state index contributed by atoms with van der Waals surface area (Å²) in [6.07, 6.45) is 4.15. The van der Waals surface area contributed by atoms with Gasteiger partial charge in [-0.2, -0.15) is 0 Å². The van der Waals surface area contributed by atoms with Crippen LogP contribution >= 0.6 is 0 Å². The molecular weight excluding hydrogens is 108 g/mol. The normalized spacial score (nSPS) is 33.6. The van der Waals surface area contributed by atoms with Crippen LogP contribution in [0.2, 0.25) is 0 Å². The Bertz CT molecular complexity index is 113. The van der Waals surface area contributed by atoms with Crippen molar-refractivity contribution in [3.05, 3.63) is 12.2 Å². The Morgan fingerprint density at radius 1 is 1.56 bits per heavy atom. The zero-order valence-electron chi connectivity index (χ0n) is 6.48. The maximum absolute atomic E-state index is 3.91. The summed E-state index contributed by atoms with van der Waals surface area (Å²) in [6, 6.07) is 0. The minimum atomic E-state index is 0.974. The van der Waals surface area contributed by atoms with Crippen LogP contribution in [-0.2, 0) is 0 Å². The van der Waals surface area contributed by atoms with Crippen LogP contribution in [0.3, 0.4) is 0 Å². The van der Waals surface area contributed by atoms with Gasteiger partial charge in [-0.25, -0.2) is 0 Å². The van der Waals surface area contributed by atoms with Crippen LogP contribution in [0, 0.1) is 11.8 Å².